The van der Waals surface area contributed by atoms with Crippen LogP contribution in [0.4, 0.5) is 0 Å². The third-order valence-electron chi connectivity index (χ3n) is 4.88. The highest BCUT2D eigenvalue weighted by Crippen LogP contribution is 2.23. The van der Waals surface area contributed by atoms with Crippen molar-refractivity contribution in [3.8, 4) is 0 Å². The number of imidazole rings is 1. The van der Waals surface area contributed by atoms with Crippen molar-refractivity contribution >= 4 is 38.6 Å². The van der Waals surface area contributed by atoms with Gasteiger partial charge < -0.3 is 14.6 Å². The topological polar surface area (TPSA) is 104 Å². The fraction of sp³-hybridized carbons (Fsp3) is 0.556. The molecule has 1 aromatic carbocycles. The summed E-state index contributed by atoms with van der Waals surface area (Å²) < 4.78 is 30.1. The number of aromatic amines is 1. The van der Waals surface area contributed by atoms with E-state index in [9.17, 15) is 13.2 Å². The number of nitrogens with zero attached hydrogens (tertiary/aromatic N) is 2. The smallest absolute Gasteiger partial charge is 0.340 e. The van der Waals surface area contributed by atoms with Crippen molar-refractivity contribution < 1.29 is 17.9 Å². The number of esters is 1. The van der Waals surface area contributed by atoms with E-state index in [0.717, 1.165) is 38.9 Å². The third kappa shape index (κ3) is 5.91. The quantitative estimate of drug-likeness (QED) is 0.492. The largest absolute Gasteiger partial charge is 0.462 e. The fourth-order valence-electron chi connectivity index (χ4n) is 3.38. The molecule has 0 radical (unpaired) electrons. The fourth-order valence-corrected chi connectivity index (χ4v) is 4.11. The highest BCUT2D eigenvalue weighted by atomic mass is 35.5. The van der Waals surface area contributed by atoms with Crippen molar-refractivity contribution in [1.82, 2.24) is 19.6 Å². The zero-order valence-electron chi connectivity index (χ0n) is 15.8. The molecule has 2 aromatic rings. The lowest BCUT2D eigenvalue weighted by Gasteiger charge is -2.31. The Kier molecular flexibility index (Phi) is 6.92. The van der Waals surface area contributed by atoms with Gasteiger partial charge >= 0.3 is 5.97 Å². The van der Waals surface area contributed by atoms with Gasteiger partial charge in [0.25, 0.3) is 0 Å². The molecule has 0 unspecified atom stereocenters. The number of hydrogen-bond acceptors (Lipinski definition) is 6. The van der Waals surface area contributed by atoms with Crippen molar-refractivity contribution in [2.75, 3.05) is 39.0 Å². The molecule has 1 saturated heterocycles. The van der Waals surface area contributed by atoms with Crippen LogP contribution in [0, 0.1) is 5.92 Å². The summed E-state index contributed by atoms with van der Waals surface area (Å²) in [6.07, 6.45) is 5.36. The van der Waals surface area contributed by atoms with Crippen molar-refractivity contribution in [2.45, 2.75) is 19.3 Å². The zero-order chi connectivity index (χ0) is 20.1. The van der Waals surface area contributed by atoms with Crippen molar-refractivity contribution in [1.29, 1.82) is 0 Å². The maximum atomic E-state index is 12.5. The van der Waals surface area contributed by atoms with Gasteiger partial charge in [-0.2, -0.15) is 0 Å². The second-order valence-electron chi connectivity index (χ2n) is 7.16. The SMILES string of the molecule is CS(=O)(=O)NCCCN1CCC(COC(=O)c2cc(Cl)cc3[nH]cnc23)CC1. The van der Waals surface area contributed by atoms with Gasteiger partial charge in [-0.05, 0) is 56.9 Å². The maximum absolute atomic E-state index is 12.5. The van der Waals surface area contributed by atoms with E-state index in [0.29, 0.717) is 40.7 Å². The number of hydrogen-bond donors (Lipinski definition) is 2. The first-order valence-electron chi connectivity index (χ1n) is 9.28. The second-order valence-corrected chi connectivity index (χ2v) is 9.43. The Morgan fingerprint density at radius 3 is 2.86 bits per heavy atom. The zero-order valence-corrected chi connectivity index (χ0v) is 17.4. The van der Waals surface area contributed by atoms with E-state index in [1.807, 2.05) is 0 Å². The Hall–Kier alpha value is -1.68. The monoisotopic (exact) mass is 428 g/mol. The van der Waals surface area contributed by atoms with Gasteiger partial charge in [-0.15, -0.1) is 0 Å². The minimum Gasteiger partial charge on any atom is -0.462 e. The molecule has 0 spiro atoms. The summed E-state index contributed by atoms with van der Waals surface area (Å²) in [4.78, 5) is 21.9. The molecule has 1 aliphatic heterocycles. The molecule has 0 atom stereocenters. The van der Waals surface area contributed by atoms with E-state index in [1.165, 1.54) is 12.6 Å². The Morgan fingerprint density at radius 2 is 2.14 bits per heavy atom. The highest BCUT2D eigenvalue weighted by molar-refractivity contribution is 7.88. The number of ether oxygens (including phenoxy) is 1. The maximum Gasteiger partial charge on any atom is 0.340 e. The van der Waals surface area contributed by atoms with Crippen LogP contribution in [0.5, 0.6) is 0 Å². The number of carbonyl (C=O) groups is 1. The number of rotatable bonds is 8. The average molecular weight is 429 g/mol. The van der Waals surface area contributed by atoms with Crippen LogP contribution in [-0.4, -0.2) is 68.3 Å². The molecule has 1 aromatic heterocycles. The molecule has 1 aliphatic rings. The first kappa shape index (κ1) is 21.0. The number of sulfonamides is 1. The van der Waals surface area contributed by atoms with Crippen LogP contribution in [0.25, 0.3) is 11.0 Å². The van der Waals surface area contributed by atoms with Crippen molar-refractivity contribution in [3.05, 3.63) is 29.0 Å². The van der Waals surface area contributed by atoms with Crippen LogP contribution in [0.15, 0.2) is 18.5 Å². The van der Waals surface area contributed by atoms with Crippen LogP contribution in [0.2, 0.25) is 5.02 Å². The van der Waals surface area contributed by atoms with Gasteiger partial charge in [-0.25, -0.2) is 22.9 Å². The number of piperidine rings is 1. The average Bonchev–Trinajstić information content (AvgIpc) is 3.11. The summed E-state index contributed by atoms with van der Waals surface area (Å²) in [5, 5.41) is 0.461. The lowest BCUT2D eigenvalue weighted by molar-refractivity contribution is 0.0374. The third-order valence-corrected chi connectivity index (χ3v) is 5.83. The summed E-state index contributed by atoms with van der Waals surface area (Å²) in [6.45, 7) is 3.52. The molecular formula is C18H25ClN4O4S. The summed E-state index contributed by atoms with van der Waals surface area (Å²) >= 11 is 6.07. The van der Waals surface area contributed by atoms with E-state index < -0.39 is 16.0 Å². The predicted octanol–water partition coefficient (Wildman–Crippen LogP) is 2.02. The minimum atomic E-state index is -3.12. The number of carbonyl (C=O) groups excluding carboxylic acids is 1. The second kappa shape index (κ2) is 9.21. The molecule has 0 saturated carbocycles. The molecule has 2 heterocycles. The molecular weight excluding hydrogens is 404 g/mol. The first-order chi connectivity index (χ1) is 13.3. The van der Waals surface area contributed by atoms with Gasteiger partial charge in [0.15, 0.2) is 0 Å². The molecule has 1 fully saturated rings. The number of nitrogens with one attached hydrogen (secondary N) is 2. The molecule has 8 nitrogen and oxygen atoms in total. The predicted molar refractivity (Wildman–Crippen MR) is 108 cm³/mol. The van der Waals surface area contributed by atoms with Crippen molar-refractivity contribution in [2.24, 2.45) is 5.92 Å². The van der Waals surface area contributed by atoms with Crippen molar-refractivity contribution in [3.63, 3.8) is 0 Å². The molecule has 3 rings (SSSR count). The molecule has 10 heteroatoms. The molecule has 28 heavy (non-hydrogen) atoms. The summed E-state index contributed by atoms with van der Waals surface area (Å²) in [6, 6.07) is 3.31. The van der Waals surface area contributed by atoms with Gasteiger partial charge in [0.05, 0.1) is 30.3 Å². The van der Waals surface area contributed by atoms with Gasteiger partial charge in [-0.1, -0.05) is 11.6 Å². The summed E-state index contributed by atoms with van der Waals surface area (Å²) in [5.41, 5.74) is 1.64. The van der Waals surface area contributed by atoms with Gasteiger partial charge in [0.2, 0.25) is 10.0 Å². The lowest BCUT2D eigenvalue weighted by atomic mass is 9.97. The van der Waals surface area contributed by atoms with Gasteiger partial charge in [-0.3, -0.25) is 0 Å². The van der Waals surface area contributed by atoms with E-state index in [1.54, 1.807) is 12.1 Å². The van der Waals surface area contributed by atoms with Gasteiger partial charge in [0, 0.05) is 11.6 Å². The Balaban J connectivity index is 1.41. The number of aromatic nitrogens is 2. The summed E-state index contributed by atoms with van der Waals surface area (Å²) in [7, 11) is -3.12. The van der Waals surface area contributed by atoms with Gasteiger partial charge in [0.1, 0.15) is 5.52 Å². The van der Waals surface area contributed by atoms with E-state index in [-0.39, 0.29) is 0 Å². The Morgan fingerprint density at radius 1 is 1.39 bits per heavy atom. The molecule has 0 aliphatic carbocycles. The number of halogens is 1. The van der Waals surface area contributed by atoms with Crippen LogP contribution in [0.3, 0.4) is 0 Å². The Bertz CT molecular complexity index is 923. The van der Waals surface area contributed by atoms with Crippen LogP contribution < -0.4 is 4.72 Å². The van der Waals surface area contributed by atoms with E-state index in [4.69, 9.17) is 16.3 Å². The van der Waals surface area contributed by atoms with Crippen LogP contribution >= 0.6 is 11.6 Å². The number of benzene rings is 1. The van der Waals surface area contributed by atoms with E-state index in [2.05, 4.69) is 19.6 Å². The van der Waals surface area contributed by atoms with Crippen LogP contribution in [0.1, 0.15) is 29.6 Å². The summed E-state index contributed by atoms with van der Waals surface area (Å²) in [5.74, 6) is -0.0860. The number of likely N-dealkylation sites (tertiary alicyclic amines) is 1. The molecule has 0 bridgehead atoms. The standard InChI is InChI=1S/C18H25ClN4O4S/c1-28(25,26)22-5-2-6-23-7-3-13(4-8-23)11-27-18(24)15-9-14(19)10-16-17(15)21-12-20-16/h9-10,12-13,22H,2-8,11H2,1H3,(H,20,21). The highest BCUT2D eigenvalue weighted by Gasteiger charge is 2.22. The molecule has 154 valence electrons. The molecule has 0 amide bonds. The minimum absolute atomic E-state index is 0.322. The van der Waals surface area contributed by atoms with E-state index >= 15 is 0 Å². The normalized spacial score (nSPS) is 16.5. The molecule has 2 N–H and O–H groups in total. The Labute approximate surface area is 169 Å². The number of H-pyrrole nitrogens is 1. The van der Waals surface area contributed by atoms with Crippen LogP contribution in [-0.2, 0) is 14.8 Å². The first-order valence-corrected chi connectivity index (χ1v) is 11.6. The lowest BCUT2D eigenvalue weighted by Crippen LogP contribution is -2.37. The number of fused-ring (bicyclic) bond motifs is 1.